The summed E-state index contributed by atoms with van der Waals surface area (Å²) in [6.07, 6.45) is 1.25. The fourth-order valence-electron chi connectivity index (χ4n) is 1.61. The van der Waals surface area contributed by atoms with Crippen molar-refractivity contribution in [3.05, 3.63) is 65.2 Å². The van der Waals surface area contributed by atoms with Gasteiger partial charge in [0.2, 0.25) is 0 Å². The molecule has 0 aliphatic heterocycles. The SMILES string of the molecule is CCC.NCc1ccc(C(=O)Oc2ccc(C(=O)O)cc2)cc1. The molecule has 23 heavy (non-hydrogen) atoms. The molecule has 0 amide bonds. The molecule has 0 aliphatic rings. The zero-order chi connectivity index (χ0) is 17.2. The van der Waals surface area contributed by atoms with Gasteiger partial charge in [-0.15, -0.1) is 0 Å². The van der Waals surface area contributed by atoms with Gasteiger partial charge in [0.15, 0.2) is 0 Å². The van der Waals surface area contributed by atoms with Crippen LogP contribution in [-0.2, 0) is 6.54 Å². The molecule has 0 fully saturated rings. The van der Waals surface area contributed by atoms with Crippen LogP contribution >= 0.6 is 0 Å². The van der Waals surface area contributed by atoms with Gasteiger partial charge in [-0.3, -0.25) is 0 Å². The number of hydrogen-bond donors (Lipinski definition) is 2. The number of ether oxygens (including phenoxy) is 1. The van der Waals surface area contributed by atoms with E-state index in [9.17, 15) is 9.59 Å². The third-order valence-corrected chi connectivity index (χ3v) is 2.74. The molecule has 2 rings (SSSR count). The molecule has 5 heteroatoms. The summed E-state index contributed by atoms with van der Waals surface area (Å²) in [6.45, 7) is 4.66. The first kappa shape index (κ1) is 18.4. The maximum atomic E-state index is 11.9. The second-order valence-corrected chi connectivity index (χ2v) is 4.83. The van der Waals surface area contributed by atoms with Crippen molar-refractivity contribution in [1.82, 2.24) is 0 Å². The van der Waals surface area contributed by atoms with Gasteiger partial charge in [0.25, 0.3) is 0 Å². The first-order chi connectivity index (χ1) is 11.0. The third-order valence-electron chi connectivity index (χ3n) is 2.74. The lowest BCUT2D eigenvalue weighted by atomic mass is 10.1. The predicted molar refractivity (Wildman–Crippen MR) is 88.7 cm³/mol. The van der Waals surface area contributed by atoms with Crippen molar-refractivity contribution in [1.29, 1.82) is 0 Å². The molecule has 3 N–H and O–H groups in total. The second-order valence-electron chi connectivity index (χ2n) is 4.83. The van der Waals surface area contributed by atoms with Gasteiger partial charge in [0.05, 0.1) is 11.1 Å². The first-order valence-corrected chi connectivity index (χ1v) is 7.36. The van der Waals surface area contributed by atoms with E-state index in [0.29, 0.717) is 17.9 Å². The van der Waals surface area contributed by atoms with E-state index in [2.05, 4.69) is 13.8 Å². The quantitative estimate of drug-likeness (QED) is 0.666. The molecule has 0 radical (unpaired) electrons. The van der Waals surface area contributed by atoms with E-state index in [1.165, 1.54) is 30.7 Å². The first-order valence-electron chi connectivity index (χ1n) is 7.36. The maximum absolute atomic E-state index is 11.9. The van der Waals surface area contributed by atoms with Crippen molar-refractivity contribution in [3.63, 3.8) is 0 Å². The van der Waals surface area contributed by atoms with Crippen LogP contribution in [0.25, 0.3) is 0 Å². The van der Waals surface area contributed by atoms with Gasteiger partial charge >= 0.3 is 11.9 Å². The molecule has 0 aromatic heterocycles. The maximum Gasteiger partial charge on any atom is 0.343 e. The highest BCUT2D eigenvalue weighted by molar-refractivity contribution is 5.91. The standard InChI is InChI=1S/C15H13NO4.C3H8/c16-9-10-1-3-12(4-2-10)15(19)20-13-7-5-11(6-8-13)14(17)18;1-3-2/h1-8H,9,16H2,(H,17,18);3H2,1-2H3. The van der Waals surface area contributed by atoms with E-state index < -0.39 is 11.9 Å². The second kappa shape index (κ2) is 9.38. The smallest absolute Gasteiger partial charge is 0.343 e. The lowest BCUT2D eigenvalue weighted by Gasteiger charge is -2.05. The van der Waals surface area contributed by atoms with Crippen LogP contribution in [-0.4, -0.2) is 17.0 Å². The molecule has 2 aromatic carbocycles. The topological polar surface area (TPSA) is 89.6 Å². The lowest BCUT2D eigenvalue weighted by molar-refractivity contribution is 0.0696. The highest BCUT2D eigenvalue weighted by Crippen LogP contribution is 2.14. The summed E-state index contributed by atoms with van der Waals surface area (Å²) in [5, 5.41) is 8.77. The molecular formula is C18H21NO4. The van der Waals surface area contributed by atoms with Gasteiger partial charge in [-0.1, -0.05) is 32.4 Å². The highest BCUT2D eigenvalue weighted by atomic mass is 16.5. The van der Waals surface area contributed by atoms with Crippen molar-refractivity contribution in [2.24, 2.45) is 5.73 Å². The van der Waals surface area contributed by atoms with E-state index in [1.807, 2.05) is 0 Å². The van der Waals surface area contributed by atoms with E-state index in [1.54, 1.807) is 24.3 Å². The van der Waals surface area contributed by atoms with Crippen LogP contribution in [0.1, 0.15) is 46.5 Å². The molecule has 5 nitrogen and oxygen atoms in total. The molecular weight excluding hydrogens is 294 g/mol. The minimum atomic E-state index is -1.03. The Morgan fingerprint density at radius 2 is 1.43 bits per heavy atom. The minimum Gasteiger partial charge on any atom is -0.478 e. The molecule has 0 saturated carbocycles. The van der Waals surface area contributed by atoms with Crippen LogP contribution in [0.5, 0.6) is 5.75 Å². The molecule has 0 heterocycles. The molecule has 0 spiro atoms. The summed E-state index contributed by atoms with van der Waals surface area (Å²) in [4.78, 5) is 22.6. The van der Waals surface area contributed by atoms with Crippen LogP contribution in [0, 0.1) is 0 Å². The third kappa shape index (κ3) is 5.92. The normalized spacial score (nSPS) is 9.52. The zero-order valence-corrected chi connectivity index (χ0v) is 13.3. The largest absolute Gasteiger partial charge is 0.478 e. The van der Waals surface area contributed by atoms with Crippen molar-refractivity contribution < 1.29 is 19.4 Å². The van der Waals surface area contributed by atoms with Crippen LogP contribution in [0.4, 0.5) is 0 Å². The van der Waals surface area contributed by atoms with Gasteiger partial charge in [0.1, 0.15) is 5.75 Å². The van der Waals surface area contributed by atoms with E-state index in [-0.39, 0.29) is 5.56 Å². The number of esters is 1. The number of carboxylic acid groups (broad SMARTS) is 1. The molecule has 0 aliphatic carbocycles. The number of benzene rings is 2. The Labute approximate surface area is 135 Å². The van der Waals surface area contributed by atoms with Crippen LogP contribution in [0.2, 0.25) is 0 Å². The van der Waals surface area contributed by atoms with Crippen LogP contribution in [0.3, 0.4) is 0 Å². The average molecular weight is 315 g/mol. The van der Waals surface area contributed by atoms with Crippen LogP contribution in [0.15, 0.2) is 48.5 Å². The monoisotopic (exact) mass is 315 g/mol. The Morgan fingerprint density at radius 1 is 0.957 bits per heavy atom. The zero-order valence-electron chi connectivity index (χ0n) is 13.3. The van der Waals surface area contributed by atoms with Gasteiger partial charge in [0, 0.05) is 6.54 Å². The summed E-state index contributed by atoms with van der Waals surface area (Å²) in [7, 11) is 0. The van der Waals surface area contributed by atoms with Crippen molar-refractivity contribution in [3.8, 4) is 5.75 Å². The highest BCUT2D eigenvalue weighted by Gasteiger charge is 2.09. The number of carboxylic acids is 1. The van der Waals surface area contributed by atoms with Crippen LogP contribution < -0.4 is 10.5 Å². The Bertz CT molecular complexity index is 633. The predicted octanol–water partition coefficient (Wildman–Crippen LogP) is 3.48. The van der Waals surface area contributed by atoms with Gasteiger partial charge in [-0.2, -0.15) is 0 Å². The number of aromatic carboxylic acids is 1. The molecule has 0 saturated heterocycles. The number of carbonyl (C=O) groups is 2. The van der Waals surface area contributed by atoms with Gasteiger partial charge in [-0.05, 0) is 42.0 Å². The summed E-state index contributed by atoms with van der Waals surface area (Å²) < 4.78 is 5.15. The molecule has 0 atom stereocenters. The Morgan fingerprint density at radius 3 is 1.87 bits per heavy atom. The Kier molecular flexibility index (Phi) is 7.50. The van der Waals surface area contributed by atoms with Crippen molar-refractivity contribution >= 4 is 11.9 Å². The summed E-state index contributed by atoms with van der Waals surface area (Å²) in [5.74, 6) is -1.24. The van der Waals surface area contributed by atoms with Gasteiger partial charge < -0.3 is 15.6 Å². The molecule has 2 aromatic rings. The number of rotatable bonds is 4. The number of hydrogen-bond acceptors (Lipinski definition) is 4. The van der Waals surface area contributed by atoms with Crippen molar-refractivity contribution in [2.75, 3.05) is 0 Å². The Hall–Kier alpha value is -2.66. The summed E-state index contributed by atoms with van der Waals surface area (Å²) in [6, 6.07) is 12.4. The van der Waals surface area contributed by atoms with E-state index >= 15 is 0 Å². The minimum absolute atomic E-state index is 0.136. The van der Waals surface area contributed by atoms with Crippen molar-refractivity contribution in [2.45, 2.75) is 26.8 Å². The number of nitrogens with two attached hydrogens (primary N) is 1. The average Bonchev–Trinajstić information content (AvgIpc) is 2.56. The Balaban J connectivity index is 0.000000816. The van der Waals surface area contributed by atoms with Gasteiger partial charge in [-0.25, -0.2) is 9.59 Å². The molecule has 0 unspecified atom stereocenters. The number of carbonyl (C=O) groups excluding carboxylic acids is 1. The summed E-state index contributed by atoms with van der Waals surface area (Å²) in [5.41, 5.74) is 6.94. The lowest BCUT2D eigenvalue weighted by Crippen LogP contribution is -2.09. The van der Waals surface area contributed by atoms with E-state index in [4.69, 9.17) is 15.6 Å². The molecule has 122 valence electrons. The molecule has 0 bridgehead atoms. The van der Waals surface area contributed by atoms with E-state index in [0.717, 1.165) is 5.56 Å². The fourth-order valence-corrected chi connectivity index (χ4v) is 1.61. The summed E-state index contributed by atoms with van der Waals surface area (Å²) >= 11 is 0. The fraction of sp³-hybridized carbons (Fsp3) is 0.222.